The van der Waals surface area contributed by atoms with E-state index in [1.165, 1.54) is 5.56 Å². The van der Waals surface area contributed by atoms with Crippen LogP contribution in [0.1, 0.15) is 31.9 Å². The molecule has 1 aromatic carbocycles. The van der Waals surface area contributed by atoms with Crippen molar-refractivity contribution in [3.05, 3.63) is 29.8 Å². The number of hydrogen-bond donors (Lipinski definition) is 1. The first-order valence-electron chi connectivity index (χ1n) is 6.23. The summed E-state index contributed by atoms with van der Waals surface area (Å²) in [5.41, 5.74) is 1.20. The Balaban J connectivity index is 2.06. The molecule has 0 saturated carbocycles. The van der Waals surface area contributed by atoms with Gasteiger partial charge in [0.1, 0.15) is 5.75 Å². The second-order valence-electron chi connectivity index (χ2n) is 4.60. The van der Waals surface area contributed by atoms with Crippen LogP contribution < -0.4 is 10.1 Å². The molecule has 17 heavy (non-hydrogen) atoms. The summed E-state index contributed by atoms with van der Waals surface area (Å²) in [6.07, 6.45) is 1.38. The van der Waals surface area contributed by atoms with Crippen LogP contribution in [0.5, 0.6) is 5.75 Å². The Morgan fingerprint density at radius 1 is 1.41 bits per heavy atom. The molecule has 0 aliphatic carbocycles. The summed E-state index contributed by atoms with van der Waals surface area (Å²) >= 11 is 0. The third kappa shape index (κ3) is 2.79. The van der Waals surface area contributed by atoms with Gasteiger partial charge in [0.05, 0.1) is 13.2 Å². The van der Waals surface area contributed by atoms with Gasteiger partial charge in [0, 0.05) is 24.3 Å². The smallest absolute Gasteiger partial charge is 0.123 e. The van der Waals surface area contributed by atoms with Gasteiger partial charge in [0.2, 0.25) is 0 Å². The topological polar surface area (TPSA) is 30.5 Å². The number of methoxy groups -OCH3 is 1. The summed E-state index contributed by atoms with van der Waals surface area (Å²) in [6.45, 7) is 5.15. The van der Waals surface area contributed by atoms with Crippen molar-refractivity contribution in [2.75, 3.05) is 13.7 Å². The van der Waals surface area contributed by atoms with E-state index >= 15 is 0 Å². The van der Waals surface area contributed by atoms with Crippen molar-refractivity contribution in [2.24, 2.45) is 0 Å². The van der Waals surface area contributed by atoms with Crippen molar-refractivity contribution >= 4 is 0 Å². The Labute approximate surface area is 103 Å². The molecule has 3 unspecified atom stereocenters. The predicted molar refractivity (Wildman–Crippen MR) is 68.4 cm³/mol. The van der Waals surface area contributed by atoms with Crippen molar-refractivity contribution in [1.29, 1.82) is 0 Å². The van der Waals surface area contributed by atoms with Crippen LogP contribution in [0, 0.1) is 0 Å². The minimum Gasteiger partial charge on any atom is -0.496 e. The number of nitrogens with one attached hydrogen (secondary N) is 1. The number of rotatable bonds is 4. The summed E-state index contributed by atoms with van der Waals surface area (Å²) in [6, 6.07) is 8.87. The highest BCUT2D eigenvalue weighted by molar-refractivity contribution is 5.35. The molecule has 0 aromatic heterocycles. The van der Waals surface area contributed by atoms with Crippen LogP contribution in [0.15, 0.2) is 24.3 Å². The maximum absolute atomic E-state index is 5.56. The number of benzene rings is 1. The van der Waals surface area contributed by atoms with E-state index < -0.39 is 0 Å². The lowest BCUT2D eigenvalue weighted by molar-refractivity contribution is 0.111. The summed E-state index contributed by atoms with van der Waals surface area (Å²) < 4.78 is 11.0. The van der Waals surface area contributed by atoms with Gasteiger partial charge in [0.15, 0.2) is 0 Å². The molecule has 0 bridgehead atoms. The molecule has 1 aromatic rings. The lowest BCUT2D eigenvalue weighted by Crippen LogP contribution is -2.36. The Bertz CT molecular complexity index is 367. The summed E-state index contributed by atoms with van der Waals surface area (Å²) in [5, 5.41) is 3.61. The zero-order valence-corrected chi connectivity index (χ0v) is 10.8. The van der Waals surface area contributed by atoms with E-state index in [2.05, 4.69) is 25.2 Å². The molecule has 1 heterocycles. The second-order valence-corrected chi connectivity index (χ2v) is 4.60. The van der Waals surface area contributed by atoms with E-state index in [1.54, 1.807) is 7.11 Å². The fraction of sp³-hybridized carbons (Fsp3) is 0.571. The molecule has 2 rings (SSSR count). The normalized spacial score (nSPS) is 25.8. The molecule has 0 radical (unpaired) electrons. The van der Waals surface area contributed by atoms with Gasteiger partial charge in [-0.15, -0.1) is 0 Å². The fourth-order valence-electron chi connectivity index (χ4n) is 2.39. The van der Waals surface area contributed by atoms with E-state index in [0.717, 1.165) is 18.8 Å². The van der Waals surface area contributed by atoms with Crippen LogP contribution in [0.3, 0.4) is 0 Å². The van der Waals surface area contributed by atoms with Crippen molar-refractivity contribution in [1.82, 2.24) is 5.32 Å². The monoisotopic (exact) mass is 235 g/mol. The molecule has 3 nitrogen and oxygen atoms in total. The van der Waals surface area contributed by atoms with Crippen LogP contribution in [0.2, 0.25) is 0 Å². The van der Waals surface area contributed by atoms with Crippen LogP contribution >= 0.6 is 0 Å². The Hall–Kier alpha value is -1.06. The molecule has 3 atom stereocenters. The molecule has 3 heteroatoms. The average Bonchev–Trinajstić information content (AvgIpc) is 2.75. The summed E-state index contributed by atoms with van der Waals surface area (Å²) in [5.74, 6) is 0.944. The summed E-state index contributed by atoms with van der Waals surface area (Å²) in [7, 11) is 1.72. The minimum absolute atomic E-state index is 0.278. The molecule has 1 fully saturated rings. The third-order valence-corrected chi connectivity index (χ3v) is 3.45. The first-order chi connectivity index (χ1) is 8.22. The minimum atomic E-state index is 0.278. The molecule has 94 valence electrons. The lowest BCUT2D eigenvalue weighted by Gasteiger charge is -2.23. The van der Waals surface area contributed by atoms with E-state index in [-0.39, 0.29) is 6.04 Å². The molecule has 1 N–H and O–H groups in total. The predicted octanol–water partition coefficient (Wildman–Crippen LogP) is 2.52. The van der Waals surface area contributed by atoms with Crippen LogP contribution in [-0.4, -0.2) is 25.9 Å². The van der Waals surface area contributed by atoms with E-state index in [0.29, 0.717) is 12.1 Å². The van der Waals surface area contributed by atoms with E-state index in [9.17, 15) is 0 Å². The quantitative estimate of drug-likeness (QED) is 0.870. The van der Waals surface area contributed by atoms with Crippen LogP contribution in [0.25, 0.3) is 0 Å². The van der Waals surface area contributed by atoms with Crippen LogP contribution in [-0.2, 0) is 4.74 Å². The zero-order chi connectivity index (χ0) is 12.3. The molecular weight excluding hydrogens is 214 g/mol. The number of hydrogen-bond acceptors (Lipinski definition) is 3. The molecule has 0 amide bonds. The molecule has 1 aliphatic heterocycles. The lowest BCUT2D eigenvalue weighted by atomic mass is 10.0. The Morgan fingerprint density at radius 3 is 2.82 bits per heavy atom. The fourth-order valence-corrected chi connectivity index (χ4v) is 2.39. The Morgan fingerprint density at radius 2 is 2.18 bits per heavy atom. The highest BCUT2D eigenvalue weighted by atomic mass is 16.5. The highest BCUT2D eigenvalue weighted by Crippen LogP contribution is 2.26. The van der Waals surface area contributed by atoms with Crippen molar-refractivity contribution in [3.63, 3.8) is 0 Å². The van der Waals surface area contributed by atoms with Gasteiger partial charge < -0.3 is 14.8 Å². The van der Waals surface area contributed by atoms with Gasteiger partial charge in [-0.1, -0.05) is 18.2 Å². The van der Waals surface area contributed by atoms with Gasteiger partial charge in [-0.2, -0.15) is 0 Å². The van der Waals surface area contributed by atoms with Gasteiger partial charge >= 0.3 is 0 Å². The first kappa shape index (κ1) is 12.4. The Kier molecular flexibility index (Phi) is 4.02. The van der Waals surface area contributed by atoms with E-state index in [1.807, 2.05) is 18.2 Å². The highest BCUT2D eigenvalue weighted by Gasteiger charge is 2.26. The first-order valence-corrected chi connectivity index (χ1v) is 6.23. The zero-order valence-electron chi connectivity index (χ0n) is 10.8. The van der Waals surface area contributed by atoms with Gasteiger partial charge in [-0.3, -0.25) is 0 Å². The SMILES string of the molecule is COc1ccccc1C(C)NC1CCOC1C. The van der Waals surface area contributed by atoms with Gasteiger partial charge in [0.25, 0.3) is 0 Å². The van der Waals surface area contributed by atoms with Crippen LogP contribution in [0.4, 0.5) is 0 Å². The maximum atomic E-state index is 5.56. The summed E-state index contributed by atoms with van der Waals surface area (Å²) in [4.78, 5) is 0. The maximum Gasteiger partial charge on any atom is 0.123 e. The van der Waals surface area contributed by atoms with Gasteiger partial charge in [-0.25, -0.2) is 0 Å². The largest absolute Gasteiger partial charge is 0.496 e. The van der Waals surface area contributed by atoms with Crippen molar-refractivity contribution in [3.8, 4) is 5.75 Å². The molecule has 0 spiro atoms. The van der Waals surface area contributed by atoms with Crippen molar-refractivity contribution < 1.29 is 9.47 Å². The standard InChI is InChI=1S/C14H21NO2/c1-10(15-13-8-9-17-11(13)2)12-6-4-5-7-14(12)16-3/h4-7,10-11,13,15H,8-9H2,1-3H3. The number of ether oxygens (including phenoxy) is 2. The molecule has 1 aliphatic rings. The van der Waals surface area contributed by atoms with Gasteiger partial charge in [-0.05, 0) is 26.3 Å². The molecular formula is C14H21NO2. The average molecular weight is 235 g/mol. The van der Waals surface area contributed by atoms with E-state index in [4.69, 9.17) is 9.47 Å². The van der Waals surface area contributed by atoms with Crippen molar-refractivity contribution in [2.45, 2.75) is 38.5 Å². The third-order valence-electron chi connectivity index (χ3n) is 3.45. The number of para-hydroxylation sites is 1. The molecule has 1 saturated heterocycles. The second kappa shape index (κ2) is 5.52.